The van der Waals surface area contributed by atoms with Crippen LogP contribution in [0.2, 0.25) is 0 Å². The van der Waals surface area contributed by atoms with Gasteiger partial charge in [0.15, 0.2) is 0 Å². The molecule has 0 N–H and O–H groups in total. The van der Waals surface area contributed by atoms with E-state index in [-0.39, 0.29) is 11.0 Å². The lowest BCUT2D eigenvalue weighted by Crippen LogP contribution is -2.38. The number of hydrogen-bond donors (Lipinski definition) is 0. The molecule has 1 heteroatoms. The molecule has 0 heterocycles. The lowest BCUT2D eigenvalue weighted by molar-refractivity contribution is 0.558. The van der Waals surface area contributed by atoms with Crippen LogP contribution in [0.1, 0.15) is 56.9 Å². The molecule has 1 aliphatic carbocycles. The first-order valence-electron chi connectivity index (χ1n) is 12.3. The molecule has 0 spiro atoms. The molecule has 0 saturated carbocycles. The number of benzene rings is 4. The second kappa shape index (κ2) is 7.87. The Kier molecular flexibility index (Phi) is 5.20. The van der Waals surface area contributed by atoms with Gasteiger partial charge in [0.1, 0.15) is 0 Å². The van der Waals surface area contributed by atoms with Gasteiger partial charge >= 0.3 is 0 Å². The highest BCUT2D eigenvalue weighted by molar-refractivity contribution is 5.88. The van der Waals surface area contributed by atoms with E-state index in [0.29, 0.717) is 0 Å². The maximum absolute atomic E-state index is 2.54. The predicted molar refractivity (Wildman–Crippen MR) is 147 cm³/mol. The van der Waals surface area contributed by atoms with Crippen LogP contribution in [-0.4, -0.2) is 5.54 Å². The third-order valence-corrected chi connectivity index (χ3v) is 7.45. The smallest absolute Gasteiger partial charge is 0.0451 e. The Labute approximate surface area is 205 Å². The highest BCUT2D eigenvalue weighted by Gasteiger charge is 2.38. The number of rotatable bonds is 3. The molecule has 0 atom stereocenters. The van der Waals surface area contributed by atoms with Crippen molar-refractivity contribution in [2.24, 2.45) is 0 Å². The van der Waals surface area contributed by atoms with Crippen molar-refractivity contribution in [3.05, 3.63) is 107 Å². The van der Waals surface area contributed by atoms with Crippen molar-refractivity contribution in [2.45, 2.75) is 59.4 Å². The summed E-state index contributed by atoms with van der Waals surface area (Å²) in [6.07, 6.45) is 0. The van der Waals surface area contributed by atoms with Crippen LogP contribution in [0.15, 0.2) is 84.9 Å². The highest BCUT2D eigenvalue weighted by atomic mass is 15.2. The highest BCUT2D eigenvalue weighted by Crippen LogP contribution is 2.52. The van der Waals surface area contributed by atoms with Gasteiger partial charge in [0, 0.05) is 22.3 Å². The molecule has 0 unspecified atom stereocenters. The molecular weight excluding hydrogens is 410 g/mol. The van der Waals surface area contributed by atoms with Crippen LogP contribution in [0.5, 0.6) is 0 Å². The molecule has 1 nitrogen and oxygen atoms in total. The molecule has 0 fully saturated rings. The summed E-state index contributed by atoms with van der Waals surface area (Å²) >= 11 is 0. The van der Waals surface area contributed by atoms with Gasteiger partial charge in [0.2, 0.25) is 0 Å². The van der Waals surface area contributed by atoms with E-state index in [1.807, 2.05) is 0 Å². The number of anilines is 2. The van der Waals surface area contributed by atoms with Gasteiger partial charge in [-0.2, -0.15) is 0 Å². The van der Waals surface area contributed by atoms with Gasteiger partial charge in [-0.15, -0.1) is 0 Å². The molecule has 0 amide bonds. The Balaban J connectivity index is 1.73. The summed E-state index contributed by atoms with van der Waals surface area (Å²) in [4.78, 5) is 2.54. The van der Waals surface area contributed by atoms with Gasteiger partial charge in [-0.05, 0) is 91.3 Å². The number of fused-ring (bicyclic) bond motifs is 3. The summed E-state index contributed by atoms with van der Waals surface area (Å²) < 4.78 is 0. The molecule has 5 rings (SSSR count). The van der Waals surface area contributed by atoms with Crippen molar-refractivity contribution < 1.29 is 0 Å². The van der Waals surface area contributed by atoms with Gasteiger partial charge in [-0.1, -0.05) is 86.6 Å². The molecule has 0 radical (unpaired) electrons. The number of hydrogen-bond acceptors (Lipinski definition) is 1. The first kappa shape index (κ1) is 22.5. The molecule has 0 bridgehead atoms. The molecule has 4 aromatic rings. The fraction of sp³-hybridized carbons (Fsp3) is 0.273. The third kappa shape index (κ3) is 3.46. The fourth-order valence-corrected chi connectivity index (χ4v) is 5.71. The molecular formula is C33H35N. The van der Waals surface area contributed by atoms with Crippen LogP contribution >= 0.6 is 0 Å². The van der Waals surface area contributed by atoms with Crippen molar-refractivity contribution >= 4 is 11.4 Å². The van der Waals surface area contributed by atoms with E-state index in [9.17, 15) is 0 Å². The van der Waals surface area contributed by atoms with E-state index >= 15 is 0 Å². The van der Waals surface area contributed by atoms with Crippen molar-refractivity contribution in [1.82, 2.24) is 0 Å². The normalized spacial score (nSPS) is 14.0. The molecule has 0 aliphatic heterocycles. The van der Waals surface area contributed by atoms with E-state index in [2.05, 4.69) is 138 Å². The van der Waals surface area contributed by atoms with Gasteiger partial charge in [-0.25, -0.2) is 0 Å². The minimum Gasteiger partial charge on any atom is -0.336 e. The summed E-state index contributed by atoms with van der Waals surface area (Å²) in [5, 5.41) is 0. The Bertz CT molecular complexity index is 1370. The zero-order valence-corrected chi connectivity index (χ0v) is 21.5. The van der Waals surface area contributed by atoms with Crippen LogP contribution in [0.4, 0.5) is 11.4 Å². The average molecular weight is 446 g/mol. The zero-order chi connectivity index (χ0) is 24.3. The monoisotopic (exact) mass is 445 g/mol. The second-order valence-corrected chi connectivity index (χ2v) is 11.2. The van der Waals surface area contributed by atoms with E-state index in [4.69, 9.17) is 0 Å². The minimum absolute atomic E-state index is 0.0188. The van der Waals surface area contributed by atoms with Crippen molar-refractivity contribution in [2.75, 3.05) is 4.90 Å². The lowest BCUT2D eigenvalue weighted by Gasteiger charge is -2.40. The summed E-state index contributed by atoms with van der Waals surface area (Å²) in [5.41, 5.74) is 13.3. The fourth-order valence-electron chi connectivity index (χ4n) is 5.71. The standard InChI is InChI=1S/C33H35N/c1-22-17-18-25(24-13-9-8-10-14-24)21-30(22)34(32(3,4)5)29-20-19-28-31(23(29)2)26-15-11-12-16-27(26)33(28,6)7/h8-21H,1-7H3. The van der Waals surface area contributed by atoms with Gasteiger partial charge < -0.3 is 4.90 Å². The maximum Gasteiger partial charge on any atom is 0.0451 e. The predicted octanol–water partition coefficient (Wildman–Crippen LogP) is 9.21. The topological polar surface area (TPSA) is 3.24 Å². The quantitative estimate of drug-likeness (QED) is 0.304. The zero-order valence-electron chi connectivity index (χ0n) is 21.5. The summed E-state index contributed by atoms with van der Waals surface area (Å²) in [7, 11) is 0. The van der Waals surface area contributed by atoms with Gasteiger partial charge in [0.05, 0.1) is 0 Å². The molecule has 0 aromatic heterocycles. The summed E-state index contributed by atoms with van der Waals surface area (Å²) in [5.74, 6) is 0. The molecule has 4 aromatic carbocycles. The van der Waals surface area contributed by atoms with Crippen molar-refractivity contribution in [1.29, 1.82) is 0 Å². The van der Waals surface area contributed by atoms with E-state index in [1.54, 1.807) is 0 Å². The van der Waals surface area contributed by atoms with E-state index in [0.717, 1.165) is 0 Å². The lowest BCUT2D eigenvalue weighted by atomic mass is 9.82. The Morgan fingerprint density at radius 1 is 0.647 bits per heavy atom. The van der Waals surface area contributed by atoms with Gasteiger partial charge in [0.25, 0.3) is 0 Å². The Hall–Kier alpha value is -3.32. The van der Waals surface area contributed by atoms with Crippen molar-refractivity contribution in [3.63, 3.8) is 0 Å². The number of nitrogens with zero attached hydrogens (tertiary/aromatic N) is 1. The first-order chi connectivity index (χ1) is 16.1. The molecule has 34 heavy (non-hydrogen) atoms. The second-order valence-electron chi connectivity index (χ2n) is 11.2. The Morgan fingerprint density at radius 2 is 1.32 bits per heavy atom. The maximum atomic E-state index is 2.54. The van der Waals surface area contributed by atoms with Crippen LogP contribution in [0.3, 0.4) is 0 Å². The molecule has 1 aliphatic rings. The molecule has 172 valence electrons. The van der Waals surface area contributed by atoms with Crippen LogP contribution in [0, 0.1) is 13.8 Å². The summed E-state index contributed by atoms with van der Waals surface area (Å²) in [6.45, 7) is 16.2. The average Bonchev–Trinajstić information content (AvgIpc) is 3.04. The minimum atomic E-state index is -0.0906. The molecule has 0 saturated heterocycles. The largest absolute Gasteiger partial charge is 0.336 e. The summed E-state index contributed by atoms with van der Waals surface area (Å²) in [6, 6.07) is 31.2. The van der Waals surface area contributed by atoms with Crippen LogP contribution in [0.25, 0.3) is 22.3 Å². The van der Waals surface area contributed by atoms with E-state index < -0.39 is 0 Å². The first-order valence-corrected chi connectivity index (χ1v) is 12.3. The van der Waals surface area contributed by atoms with E-state index in [1.165, 1.54) is 55.9 Å². The SMILES string of the molecule is Cc1ccc(-c2ccccc2)cc1N(c1ccc2c(c1C)-c1ccccc1C2(C)C)C(C)(C)C. The number of aryl methyl sites for hydroxylation is 1. The third-order valence-electron chi connectivity index (χ3n) is 7.45. The Morgan fingerprint density at radius 3 is 2.03 bits per heavy atom. The van der Waals surface area contributed by atoms with Crippen LogP contribution < -0.4 is 4.90 Å². The van der Waals surface area contributed by atoms with Gasteiger partial charge in [-0.3, -0.25) is 0 Å². The van der Waals surface area contributed by atoms with Crippen molar-refractivity contribution in [3.8, 4) is 22.3 Å². The van der Waals surface area contributed by atoms with Crippen LogP contribution in [-0.2, 0) is 5.41 Å².